The van der Waals surface area contributed by atoms with Gasteiger partial charge in [0.25, 0.3) is 5.91 Å². The highest BCUT2D eigenvalue weighted by Crippen LogP contribution is 2.20. The topological polar surface area (TPSA) is 58.9 Å². The smallest absolute Gasteiger partial charge is 0.292 e. The number of aryl methyl sites for hydroxylation is 1. The third-order valence-electron chi connectivity index (χ3n) is 5.16. The first kappa shape index (κ1) is 17.7. The number of carbonyl (C=O) groups excluding carboxylic acids is 1. The zero-order valence-electron chi connectivity index (χ0n) is 15.7. The fraction of sp³-hybridized carbons (Fsp3) is 0.333. The maximum atomic E-state index is 13.0. The number of pyridine rings is 1. The summed E-state index contributed by atoms with van der Waals surface area (Å²) in [6, 6.07) is 11.8. The summed E-state index contributed by atoms with van der Waals surface area (Å²) < 4.78 is 7.30. The summed E-state index contributed by atoms with van der Waals surface area (Å²) in [5.41, 5.74) is 4.93. The van der Waals surface area contributed by atoms with E-state index in [2.05, 4.69) is 10.2 Å². The Kier molecular flexibility index (Phi) is 4.92. The van der Waals surface area contributed by atoms with Crippen molar-refractivity contribution in [1.29, 1.82) is 0 Å². The number of aromatic nitrogens is 2. The standard InChI is InChI=1S/C21H24N4O2/c1-15-6-5-7-17(16(15)2)23-21(26)20-22-18(14-24-10-12-27-13-11-24)19-8-3-4-9-25(19)20/h3-9H,10-14H2,1-2H3,(H,23,26). The van der Waals surface area contributed by atoms with Crippen LogP contribution in [-0.2, 0) is 11.3 Å². The molecule has 4 rings (SSSR count). The highest BCUT2D eigenvalue weighted by molar-refractivity contribution is 6.03. The number of benzene rings is 1. The van der Waals surface area contributed by atoms with E-state index in [0.29, 0.717) is 12.4 Å². The van der Waals surface area contributed by atoms with Crippen molar-refractivity contribution >= 4 is 17.1 Å². The predicted octanol–water partition coefficient (Wildman–Crippen LogP) is 3.04. The fourth-order valence-corrected chi connectivity index (χ4v) is 3.41. The quantitative estimate of drug-likeness (QED) is 0.773. The Morgan fingerprint density at radius 2 is 1.96 bits per heavy atom. The van der Waals surface area contributed by atoms with Gasteiger partial charge in [-0.05, 0) is 43.2 Å². The second-order valence-corrected chi connectivity index (χ2v) is 6.93. The Balaban J connectivity index is 1.64. The number of nitrogens with zero attached hydrogens (tertiary/aromatic N) is 3. The normalized spacial score (nSPS) is 15.2. The van der Waals surface area contributed by atoms with Gasteiger partial charge in [-0.15, -0.1) is 0 Å². The molecule has 0 saturated carbocycles. The highest BCUT2D eigenvalue weighted by atomic mass is 16.5. The van der Waals surface area contributed by atoms with Gasteiger partial charge in [0.1, 0.15) is 0 Å². The lowest BCUT2D eigenvalue weighted by Crippen LogP contribution is -2.35. The highest BCUT2D eigenvalue weighted by Gasteiger charge is 2.20. The molecule has 2 aromatic heterocycles. The summed E-state index contributed by atoms with van der Waals surface area (Å²) in [6.07, 6.45) is 1.89. The van der Waals surface area contributed by atoms with E-state index in [1.807, 2.05) is 60.8 Å². The van der Waals surface area contributed by atoms with Crippen LogP contribution in [0, 0.1) is 13.8 Å². The van der Waals surface area contributed by atoms with Gasteiger partial charge < -0.3 is 10.1 Å². The summed E-state index contributed by atoms with van der Waals surface area (Å²) in [6.45, 7) is 8.02. The van der Waals surface area contributed by atoms with Gasteiger partial charge in [-0.1, -0.05) is 18.2 Å². The van der Waals surface area contributed by atoms with Crippen molar-refractivity contribution in [2.75, 3.05) is 31.6 Å². The molecule has 6 nitrogen and oxygen atoms in total. The van der Waals surface area contributed by atoms with Crippen LogP contribution in [0.4, 0.5) is 5.69 Å². The summed E-state index contributed by atoms with van der Waals surface area (Å²) in [5.74, 6) is 0.216. The maximum Gasteiger partial charge on any atom is 0.292 e. The third-order valence-corrected chi connectivity index (χ3v) is 5.16. The molecule has 0 radical (unpaired) electrons. The van der Waals surface area contributed by atoms with Crippen LogP contribution in [0.15, 0.2) is 42.6 Å². The molecule has 1 aliphatic rings. The molecular formula is C21H24N4O2. The van der Waals surface area contributed by atoms with Gasteiger partial charge in [-0.25, -0.2) is 4.98 Å². The molecule has 0 bridgehead atoms. The summed E-state index contributed by atoms with van der Waals surface area (Å²) in [4.78, 5) is 20.0. The molecule has 0 aliphatic carbocycles. The number of nitrogens with one attached hydrogen (secondary N) is 1. The van der Waals surface area contributed by atoms with Gasteiger partial charge in [0, 0.05) is 31.5 Å². The first-order chi connectivity index (χ1) is 13.1. The third kappa shape index (κ3) is 3.59. The summed E-state index contributed by atoms with van der Waals surface area (Å²) in [7, 11) is 0. The first-order valence-corrected chi connectivity index (χ1v) is 9.27. The lowest BCUT2D eigenvalue weighted by atomic mass is 10.1. The van der Waals surface area contributed by atoms with Crippen LogP contribution in [0.3, 0.4) is 0 Å². The minimum atomic E-state index is -0.196. The van der Waals surface area contributed by atoms with Gasteiger partial charge in [0.15, 0.2) is 0 Å². The molecule has 1 aromatic carbocycles. The van der Waals surface area contributed by atoms with E-state index >= 15 is 0 Å². The predicted molar refractivity (Wildman–Crippen MR) is 105 cm³/mol. The van der Waals surface area contributed by atoms with E-state index in [1.54, 1.807) is 0 Å². The number of amides is 1. The average molecular weight is 364 g/mol. The second kappa shape index (κ2) is 7.50. The Morgan fingerprint density at radius 3 is 2.78 bits per heavy atom. The zero-order valence-corrected chi connectivity index (χ0v) is 15.7. The summed E-state index contributed by atoms with van der Waals surface area (Å²) >= 11 is 0. The van der Waals surface area contributed by atoms with Gasteiger partial charge in [-0.3, -0.25) is 14.1 Å². The first-order valence-electron chi connectivity index (χ1n) is 9.27. The Hall–Kier alpha value is -2.70. The van der Waals surface area contributed by atoms with E-state index in [4.69, 9.17) is 9.72 Å². The molecule has 1 aliphatic heterocycles. The van der Waals surface area contributed by atoms with Crippen molar-refractivity contribution in [2.45, 2.75) is 20.4 Å². The van der Waals surface area contributed by atoms with Crippen molar-refractivity contribution in [2.24, 2.45) is 0 Å². The van der Waals surface area contributed by atoms with Crippen LogP contribution >= 0.6 is 0 Å². The second-order valence-electron chi connectivity index (χ2n) is 6.93. The van der Waals surface area contributed by atoms with E-state index in [1.165, 1.54) is 0 Å². The average Bonchev–Trinajstić information content (AvgIpc) is 3.05. The summed E-state index contributed by atoms with van der Waals surface area (Å²) in [5, 5.41) is 3.02. The van der Waals surface area contributed by atoms with Crippen LogP contribution in [0.2, 0.25) is 0 Å². The number of imidazole rings is 1. The van der Waals surface area contributed by atoms with Gasteiger partial charge in [-0.2, -0.15) is 0 Å². The molecule has 0 unspecified atom stereocenters. The van der Waals surface area contributed by atoms with Crippen molar-refractivity contribution in [1.82, 2.24) is 14.3 Å². The zero-order chi connectivity index (χ0) is 18.8. The van der Waals surface area contributed by atoms with Crippen LogP contribution < -0.4 is 5.32 Å². The number of hydrogen-bond acceptors (Lipinski definition) is 4. The Bertz CT molecular complexity index is 973. The molecule has 140 valence electrons. The number of fused-ring (bicyclic) bond motifs is 1. The molecular weight excluding hydrogens is 340 g/mol. The minimum Gasteiger partial charge on any atom is -0.379 e. The van der Waals surface area contributed by atoms with Crippen molar-refractivity contribution in [3.8, 4) is 0 Å². The van der Waals surface area contributed by atoms with E-state index in [0.717, 1.165) is 54.3 Å². The Labute approximate surface area is 158 Å². The van der Waals surface area contributed by atoms with E-state index in [-0.39, 0.29) is 5.91 Å². The molecule has 3 heterocycles. The van der Waals surface area contributed by atoms with Crippen LogP contribution in [0.5, 0.6) is 0 Å². The molecule has 1 amide bonds. The number of morpholine rings is 1. The molecule has 3 aromatic rings. The largest absolute Gasteiger partial charge is 0.379 e. The van der Waals surface area contributed by atoms with Crippen LogP contribution in [-0.4, -0.2) is 46.5 Å². The number of anilines is 1. The number of carbonyl (C=O) groups is 1. The number of hydrogen-bond donors (Lipinski definition) is 1. The maximum absolute atomic E-state index is 13.0. The van der Waals surface area contributed by atoms with E-state index < -0.39 is 0 Å². The van der Waals surface area contributed by atoms with Crippen LogP contribution in [0.25, 0.3) is 5.52 Å². The molecule has 6 heteroatoms. The number of ether oxygens (including phenoxy) is 1. The molecule has 1 fully saturated rings. The van der Waals surface area contributed by atoms with Gasteiger partial charge >= 0.3 is 0 Å². The van der Waals surface area contributed by atoms with Crippen molar-refractivity contribution in [3.05, 3.63) is 65.2 Å². The van der Waals surface area contributed by atoms with Gasteiger partial charge in [0.2, 0.25) is 5.82 Å². The Morgan fingerprint density at radius 1 is 1.15 bits per heavy atom. The number of rotatable bonds is 4. The van der Waals surface area contributed by atoms with Crippen LogP contribution in [0.1, 0.15) is 27.4 Å². The molecule has 0 atom stereocenters. The lowest BCUT2D eigenvalue weighted by Gasteiger charge is -2.25. The SMILES string of the molecule is Cc1cccc(NC(=O)c2nc(CN3CCOCC3)c3ccccn23)c1C. The molecule has 1 saturated heterocycles. The fourth-order valence-electron chi connectivity index (χ4n) is 3.41. The molecule has 1 N–H and O–H groups in total. The van der Waals surface area contributed by atoms with E-state index in [9.17, 15) is 4.79 Å². The molecule has 27 heavy (non-hydrogen) atoms. The van der Waals surface area contributed by atoms with Crippen molar-refractivity contribution in [3.63, 3.8) is 0 Å². The monoisotopic (exact) mass is 364 g/mol. The molecule has 0 spiro atoms. The lowest BCUT2D eigenvalue weighted by molar-refractivity contribution is 0.0338. The van der Waals surface area contributed by atoms with Gasteiger partial charge in [0.05, 0.1) is 24.4 Å². The van der Waals surface area contributed by atoms with Crippen molar-refractivity contribution < 1.29 is 9.53 Å². The minimum absolute atomic E-state index is 0.196.